The van der Waals surface area contributed by atoms with Gasteiger partial charge in [0.2, 0.25) is 8.27 Å². The number of Topliss-reactive ketones (excluding diaryl/α,β-unsaturated/α-hetero) is 1. The maximum atomic E-state index is 12.0. The zero-order valence-corrected chi connectivity index (χ0v) is 11.3. The Hall–Kier alpha value is 0.1000. The minimum absolute atomic E-state index is 0.0394. The second kappa shape index (κ2) is 3.06. The van der Waals surface area contributed by atoms with E-state index in [9.17, 15) is 13.2 Å². The molecular weight excluding hydrogens is 280 g/mol. The minimum atomic E-state index is -3.26. The van der Waals surface area contributed by atoms with E-state index >= 15 is 0 Å². The lowest BCUT2D eigenvalue weighted by atomic mass is 9.70. The Morgan fingerprint density at radius 2 is 2.07 bits per heavy atom. The summed E-state index contributed by atoms with van der Waals surface area (Å²) in [4.78, 5) is 12.0. The summed E-state index contributed by atoms with van der Waals surface area (Å²) in [5.41, 5.74) is -0.787. The number of rotatable bonds is 2. The van der Waals surface area contributed by atoms with Crippen LogP contribution in [0.25, 0.3) is 0 Å². The highest BCUT2D eigenvalue weighted by Crippen LogP contribution is 2.64. The molecule has 0 heterocycles. The number of hydrogen-bond acceptors (Lipinski definition) is 3. The lowest BCUT2D eigenvalue weighted by molar-refractivity contribution is -0.128. The summed E-state index contributed by atoms with van der Waals surface area (Å²) >= 11 is 2.68. The summed E-state index contributed by atoms with van der Waals surface area (Å²) in [5.74, 6) is 0.480. The zero-order chi connectivity index (χ0) is 11.5. The third kappa shape index (κ3) is 1.50. The Labute approximate surface area is 97.7 Å². The van der Waals surface area contributed by atoms with Crippen molar-refractivity contribution in [2.24, 2.45) is 16.7 Å². The van der Waals surface area contributed by atoms with E-state index in [1.54, 1.807) is 0 Å². The largest absolute Gasteiger partial charge is 0.299 e. The van der Waals surface area contributed by atoms with Gasteiger partial charge in [0.15, 0.2) is 0 Å². The topological polar surface area (TPSA) is 51.2 Å². The van der Waals surface area contributed by atoms with Crippen LogP contribution in [0.2, 0.25) is 0 Å². The summed E-state index contributed by atoms with van der Waals surface area (Å²) in [6.45, 7) is 4.07. The number of ketones is 1. The van der Waals surface area contributed by atoms with Crippen molar-refractivity contribution in [3.05, 3.63) is 0 Å². The first-order chi connectivity index (χ1) is 6.69. The fourth-order valence-electron chi connectivity index (χ4n) is 3.40. The normalized spacial score (nSPS) is 38.6. The monoisotopic (exact) mass is 294 g/mol. The first-order valence-electron chi connectivity index (χ1n) is 5.15. The molecule has 5 heteroatoms. The van der Waals surface area contributed by atoms with E-state index in [0.717, 1.165) is 12.8 Å². The predicted octanol–water partition coefficient (Wildman–Crippen LogP) is 2.11. The smallest absolute Gasteiger partial charge is 0.210 e. The Balaban J connectivity index is 2.45. The van der Waals surface area contributed by atoms with Gasteiger partial charge in [0, 0.05) is 11.8 Å². The fourth-order valence-corrected chi connectivity index (χ4v) is 5.84. The van der Waals surface area contributed by atoms with Crippen LogP contribution in [0.3, 0.4) is 0 Å². The number of carbonyl (C=O) groups excluding carboxylic acids is 1. The number of hydrogen-bond donors (Lipinski definition) is 0. The highest BCUT2D eigenvalue weighted by molar-refractivity contribution is 9.47. The van der Waals surface area contributed by atoms with E-state index in [1.165, 1.54) is 0 Å². The van der Waals surface area contributed by atoms with Crippen LogP contribution in [0, 0.1) is 16.7 Å². The summed E-state index contributed by atoms with van der Waals surface area (Å²) < 4.78 is 22.7. The van der Waals surface area contributed by atoms with Crippen LogP contribution >= 0.6 is 14.8 Å². The van der Waals surface area contributed by atoms with Crippen molar-refractivity contribution in [1.82, 2.24) is 0 Å². The first kappa shape index (κ1) is 11.6. The van der Waals surface area contributed by atoms with Gasteiger partial charge in [0.25, 0.3) is 0 Å². The van der Waals surface area contributed by atoms with E-state index < -0.39 is 13.7 Å². The number of halogens is 1. The Morgan fingerprint density at radius 1 is 1.47 bits per heavy atom. The Morgan fingerprint density at radius 3 is 2.40 bits per heavy atom. The van der Waals surface area contributed by atoms with Gasteiger partial charge in [0.1, 0.15) is 5.78 Å². The SMILES string of the molecule is CC1(C)[C@@H]2CC[C@@]1(CS(=O)(=O)Br)C(=O)C2. The van der Waals surface area contributed by atoms with E-state index in [2.05, 4.69) is 14.8 Å². The van der Waals surface area contributed by atoms with Crippen LogP contribution in [0.1, 0.15) is 33.1 Å². The van der Waals surface area contributed by atoms with Gasteiger partial charge in [-0.15, -0.1) is 0 Å². The van der Waals surface area contributed by atoms with Crippen molar-refractivity contribution in [2.45, 2.75) is 33.1 Å². The molecule has 0 aromatic carbocycles. The Kier molecular flexibility index (Phi) is 2.37. The molecule has 0 spiro atoms. The van der Waals surface area contributed by atoms with Gasteiger partial charge in [-0.25, -0.2) is 8.42 Å². The molecule has 2 aliphatic carbocycles. The maximum absolute atomic E-state index is 12.0. The summed E-state index contributed by atoms with van der Waals surface area (Å²) in [5, 5.41) is 0. The van der Waals surface area contributed by atoms with Crippen LogP contribution in [-0.2, 0) is 13.1 Å². The van der Waals surface area contributed by atoms with Gasteiger partial charge in [-0.2, -0.15) is 0 Å². The van der Waals surface area contributed by atoms with Crippen molar-refractivity contribution < 1.29 is 13.2 Å². The quantitative estimate of drug-likeness (QED) is 0.733. The molecule has 2 rings (SSSR count). The molecule has 3 nitrogen and oxygen atoms in total. The van der Waals surface area contributed by atoms with Crippen LogP contribution in [-0.4, -0.2) is 20.0 Å². The molecule has 0 unspecified atom stereocenters. The van der Waals surface area contributed by atoms with Crippen LogP contribution in [0.15, 0.2) is 0 Å². The molecule has 0 radical (unpaired) electrons. The molecule has 2 bridgehead atoms. The highest BCUT2D eigenvalue weighted by atomic mass is 79.9. The first-order valence-corrected chi connectivity index (χ1v) is 8.64. The lowest BCUT2D eigenvalue weighted by Crippen LogP contribution is -2.41. The third-order valence-electron chi connectivity index (χ3n) is 4.56. The molecule has 2 aliphatic rings. The van der Waals surface area contributed by atoms with Gasteiger partial charge in [-0.05, 0) is 24.2 Å². The minimum Gasteiger partial charge on any atom is -0.299 e. The van der Waals surface area contributed by atoms with Crippen LogP contribution < -0.4 is 0 Å². The van der Waals surface area contributed by atoms with Gasteiger partial charge < -0.3 is 0 Å². The molecule has 0 N–H and O–H groups in total. The Bertz CT molecular complexity index is 412. The van der Waals surface area contributed by atoms with E-state index in [1.807, 2.05) is 13.8 Å². The van der Waals surface area contributed by atoms with Crippen molar-refractivity contribution in [1.29, 1.82) is 0 Å². The van der Waals surface area contributed by atoms with Crippen molar-refractivity contribution in [2.75, 3.05) is 5.75 Å². The molecule has 0 aromatic rings. The van der Waals surface area contributed by atoms with Gasteiger partial charge in [-0.1, -0.05) is 13.8 Å². The molecule has 0 saturated heterocycles. The second-order valence-corrected chi connectivity index (χ2v) is 9.68. The highest BCUT2D eigenvalue weighted by Gasteiger charge is 2.65. The van der Waals surface area contributed by atoms with E-state index in [-0.39, 0.29) is 17.0 Å². The molecular formula is C10H15BrO3S. The van der Waals surface area contributed by atoms with E-state index in [4.69, 9.17) is 0 Å². The second-order valence-electron chi connectivity index (χ2n) is 5.35. The van der Waals surface area contributed by atoms with Crippen molar-refractivity contribution in [3.8, 4) is 0 Å². The standard InChI is InChI=1S/C10H15BrO3S/c1-9(2)7-3-4-10(9,8(12)5-7)6-15(11,13)14/h7H,3-6H2,1-2H3/t7-,10-/m1/s1. The molecule has 15 heavy (non-hydrogen) atoms. The molecule has 2 saturated carbocycles. The molecule has 0 amide bonds. The van der Waals surface area contributed by atoms with Gasteiger partial charge in [-0.3, -0.25) is 4.79 Å². The third-order valence-corrected chi connectivity index (χ3v) is 6.08. The lowest BCUT2D eigenvalue weighted by Gasteiger charge is -2.35. The molecule has 0 aromatic heterocycles. The summed E-state index contributed by atoms with van der Waals surface area (Å²) in [6.07, 6.45) is 2.28. The van der Waals surface area contributed by atoms with Gasteiger partial charge >= 0.3 is 0 Å². The zero-order valence-electron chi connectivity index (χ0n) is 8.92. The maximum Gasteiger partial charge on any atom is 0.210 e. The molecule has 2 fully saturated rings. The van der Waals surface area contributed by atoms with Crippen molar-refractivity contribution >= 4 is 28.9 Å². The van der Waals surface area contributed by atoms with Crippen LogP contribution in [0.4, 0.5) is 0 Å². The number of fused-ring (bicyclic) bond motifs is 2. The van der Waals surface area contributed by atoms with Crippen LogP contribution in [0.5, 0.6) is 0 Å². The predicted molar refractivity (Wildman–Crippen MR) is 61.3 cm³/mol. The average Bonchev–Trinajstić information content (AvgIpc) is 2.34. The average molecular weight is 295 g/mol. The van der Waals surface area contributed by atoms with E-state index in [0.29, 0.717) is 12.3 Å². The van der Waals surface area contributed by atoms with Gasteiger partial charge in [0.05, 0.1) is 20.6 Å². The summed E-state index contributed by atoms with van der Waals surface area (Å²) in [6, 6.07) is 0. The molecule has 0 aliphatic heterocycles. The van der Waals surface area contributed by atoms with Crippen molar-refractivity contribution in [3.63, 3.8) is 0 Å². The molecule has 86 valence electrons. The number of carbonyl (C=O) groups is 1. The molecule has 2 atom stereocenters. The fraction of sp³-hybridized carbons (Fsp3) is 0.900. The summed E-state index contributed by atoms with van der Waals surface area (Å²) in [7, 11) is -3.26.